The summed E-state index contributed by atoms with van der Waals surface area (Å²) in [6, 6.07) is 12.8. The third-order valence-electron chi connectivity index (χ3n) is 5.70. The molecule has 4 rings (SSSR count). The van der Waals surface area contributed by atoms with E-state index in [-0.39, 0.29) is 11.2 Å². The first kappa shape index (κ1) is 21.1. The Morgan fingerprint density at radius 3 is 2.58 bits per heavy atom. The Morgan fingerprint density at radius 2 is 1.87 bits per heavy atom. The molecular weight excluding hydrogens is 395 g/mol. The molecule has 0 bridgehead atoms. The second kappa shape index (κ2) is 9.31. The number of likely N-dealkylation sites (N-methyl/N-ethyl adjacent to an activating group) is 1. The lowest BCUT2D eigenvalue weighted by Gasteiger charge is -2.34. The van der Waals surface area contributed by atoms with Gasteiger partial charge >= 0.3 is 0 Å². The lowest BCUT2D eigenvalue weighted by atomic mass is 10.1. The van der Waals surface area contributed by atoms with E-state index in [1.807, 2.05) is 46.7 Å². The van der Waals surface area contributed by atoms with E-state index in [2.05, 4.69) is 17.1 Å². The molecule has 6 nitrogen and oxygen atoms in total. The molecule has 0 unspecified atom stereocenters. The van der Waals surface area contributed by atoms with Crippen molar-refractivity contribution in [1.29, 1.82) is 0 Å². The van der Waals surface area contributed by atoms with Crippen molar-refractivity contribution >= 4 is 22.8 Å². The first-order valence-corrected chi connectivity index (χ1v) is 10.6. The van der Waals surface area contributed by atoms with Crippen molar-refractivity contribution in [2.45, 2.75) is 20.1 Å². The van der Waals surface area contributed by atoms with Crippen LogP contribution in [0.3, 0.4) is 0 Å². The zero-order chi connectivity index (χ0) is 21.8. The zero-order valence-corrected chi connectivity index (χ0v) is 17.9. The van der Waals surface area contributed by atoms with Crippen LogP contribution in [0.1, 0.15) is 18.1 Å². The predicted molar refractivity (Wildman–Crippen MR) is 122 cm³/mol. The third kappa shape index (κ3) is 4.61. The molecule has 0 radical (unpaired) electrons. The molecule has 7 heteroatoms. The Hall–Kier alpha value is -3.19. The second-order valence-corrected chi connectivity index (χ2v) is 7.80. The molecule has 0 aliphatic carbocycles. The molecule has 1 aromatic heterocycles. The Bertz CT molecular complexity index is 1140. The number of fused-ring (bicyclic) bond motifs is 1. The van der Waals surface area contributed by atoms with Crippen LogP contribution in [0.2, 0.25) is 0 Å². The molecular formula is C24H27FN4O2. The van der Waals surface area contributed by atoms with E-state index in [1.54, 1.807) is 12.3 Å². The van der Waals surface area contributed by atoms with Gasteiger partial charge in [-0.1, -0.05) is 35.5 Å². The quantitative estimate of drug-likeness (QED) is 0.451. The normalized spacial score (nSPS) is 15.1. The van der Waals surface area contributed by atoms with Crippen LogP contribution in [0, 0.1) is 5.82 Å². The average Bonchev–Trinajstić information content (AvgIpc) is 2.79. The third-order valence-corrected chi connectivity index (χ3v) is 5.70. The van der Waals surface area contributed by atoms with Gasteiger partial charge in [0.15, 0.2) is 5.43 Å². The van der Waals surface area contributed by atoms with Crippen molar-refractivity contribution in [1.82, 2.24) is 9.47 Å². The summed E-state index contributed by atoms with van der Waals surface area (Å²) in [5.41, 5.74) is 2.38. The summed E-state index contributed by atoms with van der Waals surface area (Å²) in [7, 11) is 2.06. The van der Waals surface area contributed by atoms with E-state index in [0.717, 1.165) is 37.3 Å². The Morgan fingerprint density at radius 1 is 1.13 bits per heavy atom. The van der Waals surface area contributed by atoms with E-state index >= 15 is 0 Å². The number of aryl methyl sites for hydroxylation is 1. The van der Waals surface area contributed by atoms with Crippen LogP contribution >= 0.6 is 0 Å². The minimum Gasteiger partial charge on any atom is -0.391 e. The molecule has 1 aliphatic heterocycles. The number of pyridine rings is 1. The van der Waals surface area contributed by atoms with Crippen molar-refractivity contribution in [2.75, 3.05) is 38.1 Å². The van der Waals surface area contributed by atoms with Gasteiger partial charge in [0.1, 0.15) is 12.4 Å². The molecule has 2 heterocycles. The number of oxime groups is 1. The summed E-state index contributed by atoms with van der Waals surface area (Å²) >= 11 is 0. The Labute approximate surface area is 181 Å². The van der Waals surface area contributed by atoms with Crippen molar-refractivity contribution in [3.8, 4) is 0 Å². The van der Waals surface area contributed by atoms with E-state index in [0.29, 0.717) is 29.8 Å². The SMILES string of the molecule is CCn1cc(C=NOCc2ccccc2)c(=O)c2cc(F)c(N3CCN(C)CC3)cc21. The van der Waals surface area contributed by atoms with Crippen molar-refractivity contribution in [2.24, 2.45) is 5.16 Å². The minimum atomic E-state index is -0.369. The molecule has 0 atom stereocenters. The van der Waals surface area contributed by atoms with Crippen molar-refractivity contribution in [3.05, 3.63) is 75.8 Å². The molecule has 0 spiro atoms. The number of aromatic nitrogens is 1. The molecule has 31 heavy (non-hydrogen) atoms. The van der Waals surface area contributed by atoms with Gasteiger partial charge in [-0.3, -0.25) is 4.79 Å². The van der Waals surface area contributed by atoms with Crippen LogP contribution in [-0.2, 0) is 18.0 Å². The molecule has 3 aromatic rings. The highest BCUT2D eigenvalue weighted by Gasteiger charge is 2.20. The smallest absolute Gasteiger partial charge is 0.198 e. The minimum absolute atomic E-state index is 0.254. The van der Waals surface area contributed by atoms with Gasteiger partial charge < -0.3 is 19.2 Å². The molecule has 0 amide bonds. The fourth-order valence-electron chi connectivity index (χ4n) is 3.85. The highest BCUT2D eigenvalue weighted by molar-refractivity contribution is 5.89. The van der Waals surface area contributed by atoms with Gasteiger partial charge in [0.05, 0.1) is 23.0 Å². The maximum Gasteiger partial charge on any atom is 0.198 e. The Balaban J connectivity index is 1.63. The largest absolute Gasteiger partial charge is 0.391 e. The van der Waals surface area contributed by atoms with Crippen LogP contribution < -0.4 is 10.3 Å². The number of halogens is 1. The van der Waals surface area contributed by atoms with Crippen LogP contribution in [0.25, 0.3) is 10.9 Å². The zero-order valence-electron chi connectivity index (χ0n) is 17.9. The fourth-order valence-corrected chi connectivity index (χ4v) is 3.85. The molecule has 0 saturated carbocycles. The molecule has 1 aliphatic rings. The number of benzene rings is 2. The first-order chi connectivity index (χ1) is 15.1. The summed E-state index contributed by atoms with van der Waals surface area (Å²) in [4.78, 5) is 22.6. The van der Waals surface area contributed by atoms with Gasteiger partial charge in [-0.25, -0.2) is 4.39 Å². The van der Waals surface area contributed by atoms with Crippen LogP contribution in [0.5, 0.6) is 0 Å². The number of piperazine rings is 1. The number of nitrogens with zero attached hydrogens (tertiary/aromatic N) is 4. The molecule has 162 valence electrons. The van der Waals surface area contributed by atoms with E-state index < -0.39 is 0 Å². The summed E-state index contributed by atoms with van der Waals surface area (Å²) in [5, 5.41) is 4.31. The Kier molecular flexibility index (Phi) is 6.32. The average molecular weight is 423 g/mol. The van der Waals surface area contributed by atoms with Crippen LogP contribution in [0.4, 0.5) is 10.1 Å². The number of rotatable bonds is 6. The lowest BCUT2D eigenvalue weighted by molar-refractivity contribution is 0.132. The highest BCUT2D eigenvalue weighted by atomic mass is 19.1. The molecule has 0 N–H and O–H groups in total. The van der Waals surface area contributed by atoms with E-state index in [9.17, 15) is 9.18 Å². The number of hydrogen-bond acceptors (Lipinski definition) is 5. The maximum absolute atomic E-state index is 15.0. The van der Waals surface area contributed by atoms with Gasteiger partial charge in [0.2, 0.25) is 0 Å². The van der Waals surface area contributed by atoms with Gasteiger partial charge in [-0.05, 0) is 31.7 Å². The standard InChI is InChI=1S/C24H27FN4O2/c1-3-28-16-19(15-26-31-17-18-7-5-4-6-8-18)24(30)20-13-21(25)23(14-22(20)28)29-11-9-27(2)10-12-29/h4-8,13-16H,3,9-12,17H2,1-2H3. The second-order valence-electron chi connectivity index (χ2n) is 7.80. The monoisotopic (exact) mass is 422 g/mol. The van der Waals surface area contributed by atoms with Crippen LogP contribution in [-0.4, -0.2) is 48.9 Å². The van der Waals surface area contributed by atoms with Crippen molar-refractivity contribution in [3.63, 3.8) is 0 Å². The van der Waals surface area contributed by atoms with Crippen LogP contribution in [0.15, 0.2) is 58.6 Å². The van der Waals surface area contributed by atoms with Gasteiger partial charge in [-0.2, -0.15) is 0 Å². The van der Waals surface area contributed by atoms with Gasteiger partial charge in [0.25, 0.3) is 0 Å². The summed E-state index contributed by atoms with van der Waals surface area (Å²) < 4.78 is 16.9. The first-order valence-electron chi connectivity index (χ1n) is 10.6. The lowest BCUT2D eigenvalue weighted by Crippen LogP contribution is -2.44. The number of hydrogen-bond donors (Lipinski definition) is 0. The van der Waals surface area contributed by atoms with E-state index in [4.69, 9.17) is 4.84 Å². The van der Waals surface area contributed by atoms with Gasteiger partial charge in [0, 0.05) is 44.3 Å². The maximum atomic E-state index is 15.0. The summed E-state index contributed by atoms with van der Waals surface area (Å²) in [6.45, 7) is 6.26. The highest BCUT2D eigenvalue weighted by Crippen LogP contribution is 2.26. The number of anilines is 1. The summed E-state index contributed by atoms with van der Waals surface area (Å²) in [5.74, 6) is -0.369. The molecule has 1 fully saturated rings. The molecule has 1 saturated heterocycles. The van der Waals surface area contributed by atoms with Crippen molar-refractivity contribution < 1.29 is 9.23 Å². The topological polar surface area (TPSA) is 50.1 Å². The van der Waals surface area contributed by atoms with E-state index in [1.165, 1.54) is 12.3 Å². The van der Waals surface area contributed by atoms with Gasteiger partial charge in [-0.15, -0.1) is 0 Å². The molecule has 2 aromatic carbocycles. The predicted octanol–water partition coefficient (Wildman–Crippen LogP) is 3.46. The summed E-state index contributed by atoms with van der Waals surface area (Å²) in [6.07, 6.45) is 3.16. The fraction of sp³-hybridized carbons (Fsp3) is 0.333.